The zero-order valence-electron chi connectivity index (χ0n) is 11.4. The summed E-state index contributed by atoms with van der Waals surface area (Å²) in [7, 11) is 0. The normalized spacial score (nSPS) is 11.1. The van der Waals surface area contributed by atoms with Gasteiger partial charge in [-0.2, -0.15) is 0 Å². The summed E-state index contributed by atoms with van der Waals surface area (Å²) in [5.74, 6) is 0. The molecular formula is C16H16Cl3N. The molecule has 2 aromatic rings. The van der Waals surface area contributed by atoms with Crippen molar-refractivity contribution in [3.63, 3.8) is 0 Å². The number of benzene rings is 2. The first-order valence-corrected chi connectivity index (χ1v) is 7.58. The van der Waals surface area contributed by atoms with Crippen molar-refractivity contribution in [1.29, 1.82) is 0 Å². The smallest absolute Gasteiger partial charge is 0.0598 e. The van der Waals surface area contributed by atoms with Gasteiger partial charge < -0.3 is 5.32 Å². The van der Waals surface area contributed by atoms with E-state index < -0.39 is 0 Å². The molecule has 0 saturated heterocycles. The zero-order chi connectivity index (χ0) is 14.7. The van der Waals surface area contributed by atoms with Gasteiger partial charge in [-0.05, 0) is 29.3 Å². The number of hydrogen-bond acceptors (Lipinski definition) is 1. The fourth-order valence-electron chi connectivity index (χ4n) is 1.89. The Kier molecular flexibility index (Phi) is 5.34. The van der Waals surface area contributed by atoms with Crippen molar-refractivity contribution in [2.75, 3.05) is 0 Å². The number of nitrogens with one attached hydrogen (secondary N) is 1. The Labute approximate surface area is 134 Å². The van der Waals surface area contributed by atoms with Crippen molar-refractivity contribution in [3.8, 4) is 11.1 Å². The monoisotopic (exact) mass is 327 g/mol. The maximum absolute atomic E-state index is 6.37. The minimum Gasteiger partial charge on any atom is -0.310 e. The highest BCUT2D eigenvalue weighted by Gasteiger charge is 2.07. The molecule has 2 rings (SSSR count). The van der Waals surface area contributed by atoms with Crippen LogP contribution in [0.4, 0.5) is 0 Å². The fraction of sp³-hybridized carbons (Fsp3) is 0.250. The molecule has 4 heteroatoms. The summed E-state index contributed by atoms with van der Waals surface area (Å²) < 4.78 is 0. The number of rotatable bonds is 4. The van der Waals surface area contributed by atoms with Crippen LogP contribution in [0.2, 0.25) is 15.1 Å². The topological polar surface area (TPSA) is 12.0 Å². The van der Waals surface area contributed by atoms with Gasteiger partial charge in [0.15, 0.2) is 0 Å². The maximum Gasteiger partial charge on any atom is 0.0598 e. The molecule has 0 unspecified atom stereocenters. The first-order valence-electron chi connectivity index (χ1n) is 6.44. The summed E-state index contributed by atoms with van der Waals surface area (Å²) in [5, 5.41) is 5.16. The highest BCUT2D eigenvalue weighted by atomic mass is 35.5. The van der Waals surface area contributed by atoms with Gasteiger partial charge in [-0.3, -0.25) is 0 Å². The van der Waals surface area contributed by atoms with Crippen LogP contribution in [0, 0.1) is 0 Å². The summed E-state index contributed by atoms with van der Waals surface area (Å²) in [5.41, 5.74) is 3.08. The molecule has 0 heterocycles. The predicted octanol–water partition coefficient (Wildman–Crippen LogP) is 5.81. The van der Waals surface area contributed by atoms with Gasteiger partial charge in [0.25, 0.3) is 0 Å². The lowest BCUT2D eigenvalue weighted by Gasteiger charge is -2.11. The van der Waals surface area contributed by atoms with Gasteiger partial charge in [0.1, 0.15) is 0 Å². The van der Waals surface area contributed by atoms with E-state index in [2.05, 4.69) is 25.2 Å². The second-order valence-electron chi connectivity index (χ2n) is 4.98. The zero-order valence-corrected chi connectivity index (χ0v) is 13.7. The van der Waals surface area contributed by atoms with Crippen LogP contribution in [0.5, 0.6) is 0 Å². The van der Waals surface area contributed by atoms with Crippen molar-refractivity contribution in [1.82, 2.24) is 5.32 Å². The van der Waals surface area contributed by atoms with Crippen molar-refractivity contribution < 1.29 is 0 Å². The Morgan fingerprint density at radius 2 is 1.65 bits per heavy atom. The maximum atomic E-state index is 6.37. The standard InChI is InChI=1S/C16H16Cl3N/c1-10(2)20-9-11-3-5-13(15(18)7-11)12-4-6-14(17)16(19)8-12/h3-8,10,20H,9H2,1-2H3. The quantitative estimate of drug-likeness (QED) is 0.746. The SMILES string of the molecule is CC(C)NCc1ccc(-c2ccc(Cl)c(Cl)c2)c(Cl)c1. The average Bonchev–Trinajstić information content (AvgIpc) is 2.40. The number of hydrogen-bond donors (Lipinski definition) is 1. The van der Waals surface area contributed by atoms with E-state index in [1.807, 2.05) is 24.3 Å². The van der Waals surface area contributed by atoms with Crippen LogP contribution in [0.15, 0.2) is 36.4 Å². The van der Waals surface area contributed by atoms with Crippen molar-refractivity contribution in [2.45, 2.75) is 26.4 Å². The third-order valence-corrected chi connectivity index (χ3v) is 4.03. The summed E-state index contributed by atoms with van der Waals surface area (Å²) in [6.07, 6.45) is 0. The van der Waals surface area contributed by atoms with E-state index in [0.717, 1.165) is 23.2 Å². The Morgan fingerprint density at radius 1 is 0.900 bits per heavy atom. The highest BCUT2D eigenvalue weighted by molar-refractivity contribution is 6.42. The van der Waals surface area contributed by atoms with E-state index in [1.165, 1.54) is 0 Å². The van der Waals surface area contributed by atoms with Gasteiger partial charge in [0.05, 0.1) is 10.0 Å². The molecular weight excluding hydrogens is 313 g/mol. The van der Waals surface area contributed by atoms with Gasteiger partial charge in [0, 0.05) is 23.2 Å². The van der Waals surface area contributed by atoms with Crippen LogP contribution < -0.4 is 5.32 Å². The molecule has 106 valence electrons. The molecule has 0 fully saturated rings. The van der Waals surface area contributed by atoms with Crippen LogP contribution in [0.25, 0.3) is 11.1 Å². The van der Waals surface area contributed by atoms with E-state index in [1.54, 1.807) is 6.07 Å². The van der Waals surface area contributed by atoms with Crippen LogP contribution in [0.3, 0.4) is 0 Å². The molecule has 0 saturated carbocycles. The summed E-state index contributed by atoms with van der Waals surface area (Å²) in [6.45, 7) is 5.04. The van der Waals surface area contributed by atoms with E-state index in [0.29, 0.717) is 21.1 Å². The van der Waals surface area contributed by atoms with Gasteiger partial charge in [-0.15, -0.1) is 0 Å². The molecule has 0 aromatic heterocycles. The van der Waals surface area contributed by atoms with E-state index in [4.69, 9.17) is 34.8 Å². The lowest BCUT2D eigenvalue weighted by atomic mass is 10.0. The van der Waals surface area contributed by atoms with Crippen LogP contribution in [-0.4, -0.2) is 6.04 Å². The van der Waals surface area contributed by atoms with Crippen molar-refractivity contribution in [3.05, 3.63) is 57.0 Å². The lowest BCUT2D eigenvalue weighted by Crippen LogP contribution is -2.21. The van der Waals surface area contributed by atoms with Crippen LogP contribution in [-0.2, 0) is 6.54 Å². The lowest BCUT2D eigenvalue weighted by molar-refractivity contribution is 0.589. The number of halogens is 3. The summed E-state index contributed by atoms with van der Waals surface area (Å²) in [6, 6.07) is 12.0. The molecule has 0 aliphatic carbocycles. The molecule has 0 bridgehead atoms. The molecule has 0 spiro atoms. The molecule has 2 aromatic carbocycles. The van der Waals surface area contributed by atoms with E-state index in [9.17, 15) is 0 Å². The van der Waals surface area contributed by atoms with E-state index in [-0.39, 0.29) is 0 Å². The Balaban J connectivity index is 2.27. The second kappa shape index (κ2) is 6.82. The molecule has 0 aliphatic heterocycles. The van der Waals surface area contributed by atoms with Gasteiger partial charge in [-0.1, -0.05) is 66.8 Å². The third-order valence-electron chi connectivity index (χ3n) is 2.98. The third kappa shape index (κ3) is 3.89. The molecule has 0 radical (unpaired) electrons. The van der Waals surface area contributed by atoms with Gasteiger partial charge in [0.2, 0.25) is 0 Å². The molecule has 20 heavy (non-hydrogen) atoms. The molecule has 1 N–H and O–H groups in total. The largest absolute Gasteiger partial charge is 0.310 e. The van der Waals surface area contributed by atoms with Gasteiger partial charge in [-0.25, -0.2) is 0 Å². The summed E-state index contributed by atoms with van der Waals surface area (Å²) >= 11 is 18.3. The first kappa shape index (κ1) is 15.7. The Hall–Kier alpha value is -0.730. The van der Waals surface area contributed by atoms with Crippen molar-refractivity contribution in [2.24, 2.45) is 0 Å². The van der Waals surface area contributed by atoms with Crippen molar-refractivity contribution >= 4 is 34.8 Å². The fourth-order valence-corrected chi connectivity index (χ4v) is 2.50. The second-order valence-corrected chi connectivity index (χ2v) is 6.20. The minimum atomic E-state index is 0.448. The molecule has 1 nitrogen and oxygen atoms in total. The molecule has 0 amide bonds. The average molecular weight is 329 g/mol. The van der Waals surface area contributed by atoms with Crippen LogP contribution in [0.1, 0.15) is 19.4 Å². The van der Waals surface area contributed by atoms with Crippen LogP contribution >= 0.6 is 34.8 Å². The first-order chi connectivity index (χ1) is 9.47. The Morgan fingerprint density at radius 3 is 2.25 bits per heavy atom. The van der Waals surface area contributed by atoms with E-state index >= 15 is 0 Å². The minimum absolute atomic E-state index is 0.448. The highest BCUT2D eigenvalue weighted by Crippen LogP contribution is 2.33. The van der Waals surface area contributed by atoms with Gasteiger partial charge >= 0.3 is 0 Å². The molecule has 0 aliphatic rings. The Bertz CT molecular complexity index is 609. The summed E-state index contributed by atoms with van der Waals surface area (Å²) in [4.78, 5) is 0. The predicted molar refractivity (Wildman–Crippen MR) is 88.9 cm³/mol. The molecule has 0 atom stereocenters.